The van der Waals surface area contributed by atoms with E-state index in [1.165, 1.54) is 16.7 Å². The lowest BCUT2D eigenvalue weighted by Gasteiger charge is -2.38. The summed E-state index contributed by atoms with van der Waals surface area (Å²) in [5.41, 5.74) is 3.50. The molecule has 2 N–H and O–H groups in total. The standard InChI is InChI=1S/C21H28N4O/c1-15-14-23-11-9-16(15)10-12-24-20(22-4)25-18-13-21(2,3)26-19-8-6-5-7-17(18)19/h5-9,11,14,18H,10,12-13H2,1-4H3,(H2,22,24,25). The Morgan fingerprint density at radius 2 is 2.12 bits per heavy atom. The summed E-state index contributed by atoms with van der Waals surface area (Å²) in [6, 6.07) is 10.5. The van der Waals surface area contributed by atoms with Crippen molar-refractivity contribution in [2.45, 2.75) is 45.3 Å². The van der Waals surface area contributed by atoms with Crippen LogP contribution in [0.1, 0.15) is 43.0 Å². The molecule has 0 spiro atoms. The molecule has 0 radical (unpaired) electrons. The van der Waals surface area contributed by atoms with Crippen LogP contribution in [0.5, 0.6) is 5.75 Å². The van der Waals surface area contributed by atoms with Crippen molar-refractivity contribution in [2.75, 3.05) is 13.6 Å². The number of rotatable bonds is 4. The first-order valence-electron chi connectivity index (χ1n) is 9.13. The third-order valence-electron chi connectivity index (χ3n) is 4.73. The van der Waals surface area contributed by atoms with Gasteiger partial charge in [-0.25, -0.2) is 0 Å². The van der Waals surface area contributed by atoms with E-state index in [1.54, 1.807) is 0 Å². The molecule has 0 fully saturated rings. The Balaban J connectivity index is 1.64. The monoisotopic (exact) mass is 352 g/mol. The van der Waals surface area contributed by atoms with Gasteiger partial charge in [-0.1, -0.05) is 18.2 Å². The molecule has 0 aliphatic carbocycles. The fraction of sp³-hybridized carbons (Fsp3) is 0.429. The Labute approximate surface area is 155 Å². The number of benzene rings is 1. The van der Waals surface area contributed by atoms with Gasteiger partial charge in [0.1, 0.15) is 11.4 Å². The number of pyridine rings is 1. The van der Waals surface area contributed by atoms with Gasteiger partial charge in [-0.3, -0.25) is 9.98 Å². The van der Waals surface area contributed by atoms with Gasteiger partial charge < -0.3 is 15.4 Å². The molecule has 0 bridgehead atoms. The molecule has 1 aromatic heterocycles. The van der Waals surface area contributed by atoms with Crippen LogP contribution in [0.2, 0.25) is 0 Å². The number of ether oxygens (including phenoxy) is 1. The summed E-state index contributed by atoms with van der Waals surface area (Å²) in [7, 11) is 1.81. The summed E-state index contributed by atoms with van der Waals surface area (Å²) in [4.78, 5) is 8.55. The zero-order chi connectivity index (χ0) is 18.6. The molecule has 26 heavy (non-hydrogen) atoms. The van der Waals surface area contributed by atoms with E-state index >= 15 is 0 Å². The van der Waals surface area contributed by atoms with E-state index in [-0.39, 0.29) is 11.6 Å². The number of aryl methyl sites for hydroxylation is 1. The minimum atomic E-state index is -0.209. The average Bonchev–Trinajstić information content (AvgIpc) is 2.61. The number of hydrogen-bond donors (Lipinski definition) is 2. The Bertz CT molecular complexity index is 785. The maximum atomic E-state index is 6.11. The molecule has 2 heterocycles. The van der Waals surface area contributed by atoms with Gasteiger partial charge in [0.25, 0.3) is 0 Å². The molecule has 3 rings (SSSR count). The van der Waals surface area contributed by atoms with Crippen molar-refractivity contribution in [3.05, 3.63) is 59.4 Å². The zero-order valence-electron chi connectivity index (χ0n) is 16.0. The number of aromatic nitrogens is 1. The second kappa shape index (κ2) is 7.77. The quantitative estimate of drug-likeness (QED) is 0.654. The third-order valence-corrected chi connectivity index (χ3v) is 4.73. The number of fused-ring (bicyclic) bond motifs is 1. The number of hydrogen-bond acceptors (Lipinski definition) is 3. The summed E-state index contributed by atoms with van der Waals surface area (Å²) in [6.45, 7) is 7.16. The first-order valence-corrected chi connectivity index (χ1v) is 9.13. The van der Waals surface area contributed by atoms with Crippen LogP contribution in [0.25, 0.3) is 0 Å². The SMILES string of the molecule is CN=C(NCCc1ccncc1C)NC1CC(C)(C)Oc2ccccc21. The van der Waals surface area contributed by atoms with Crippen molar-refractivity contribution in [1.82, 2.24) is 15.6 Å². The molecule has 0 amide bonds. The highest BCUT2D eigenvalue weighted by Gasteiger charge is 2.33. The van der Waals surface area contributed by atoms with Crippen LogP contribution >= 0.6 is 0 Å². The predicted molar refractivity (Wildman–Crippen MR) is 106 cm³/mol. The highest BCUT2D eigenvalue weighted by Crippen LogP contribution is 2.39. The van der Waals surface area contributed by atoms with Crippen LogP contribution in [0, 0.1) is 6.92 Å². The van der Waals surface area contributed by atoms with E-state index in [4.69, 9.17) is 4.74 Å². The lowest BCUT2D eigenvalue weighted by Crippen LogP contribution is -2.45. The minimum Gasteiger partial charge on any atom is -0.487 e. The molecule has 138 valence electrons. The highest BCUT2D eigenvalue weighted by molar-refractivity contribution is 5.80. The van der Waals surface area contributed by atoms with Crippen LogP contribution in [0.3, 0.4) is 0 Å². The smallest absolute Gasteiger partial charge is 0.191 e. The van der Waals surface area contributed by atoms with Gasteiger partial charge in [0.15, 0.2) is 5.96 Å². The third kappa shape index (κ3) is 4.34. The van der Waals surface area contributed by atoms with Crippen LogP contribution < -0.4 is 15.4 Å². The molecular weight excluding hydrogens is 324 g/mol. The van der Waals surface area contributed by atoms with Gasteiger partial charge in [0.2, 0.25) is 0 Å². The minimum absolute atomic E-state index is 0.170. The maximum Gasteiger partial charge on any atom is 0.191 e. The highest BCUT2D eigenvalue weighted by atomic mass is 16.5. The van der Waals surface area contributed by atoms with E-state index < -0.39 is 0 Å². The molecule has 1 aliphatic rings. The largest absolute Gasteiger partial charge is 0.487 e. The van der Waals surface area contributed by atoms with Crippen LogP contribution in [0.4, 0.5) is 0 Å². The molecule has 0 saturated heterocycles. The molecule has 5 heteroatoms. The number of aliphatic imine (C=N–C) groups is 1. The number of nitrogens with one attached hydrogen (secondary N) is 2. The van der Waals surface area contributed by atoms with Crippen LogP contribution in [-0.4, -0.2) is 30.1 Å². The van der Waals surface area contributed by atoms with Crippen LogP contribution in [-0.2, 0) is 6.42 Å². The molecule has 0 saturated carbocycles. The number of guanidine groups is 1. The van der Waals surface area contributed by atoms with E-state index in [1.807, 2.05) is 31.6 Å². The van der Waals surface area contributed by atoms with Gasteiger partial charge in [-0.15, -0.1) is 0 Å². The first kappa shape index (κ1) is 18.2. The maximum absolute atomic E-state index is 6.11. The second-order valence-electron chi connectivity index (χ2n) is 7.35. The predicted octanol–water partition coefficient (Wildman–Crippen LogP) is 3.40. The molecule has 1 unspecified atom stereocenters. The zero-order valence-corrected chi connectivity index (χ0v) is 16.0. The second-order valence-corrected chi connectivity index (χ2v) is 7.35. The van der Waals surface area contributed by atoms with Crippen molar-refractivity contribution >= 4 is 5.96 Å². The fourth-order valence-electron chi connectivity index (χ4n) is 3.39. The lowest BCUT2D eigenvalue weighted by molar-refractivity contribution is 0.0694. The molecular formula is C21H28N4O. The summed E-state index contributed by atoms with van der Waals surface area (Å²) in [5.74, 6) is 1.76. The molecule has 1 atom stereocenters. The van der Waals surface area contributed by atoms with Gasteiger partial charge >= 0.3 is 0 Å². The van der Waals surface area contributed by atoms with E-state index in [0.29, 0.717) is 0 Å². The van der Waals surface area contributed by atoms with E-state index in [9.17, 15) is 0 Å². The number of nitrogens with zero attached hydrogens (tertiary/aromatic N) is 2. The Morgan fingerprint density at radius 1 is 1.31 bits per heavy atom. The van der Waals surface area contributed by atoms with E-state index in [2.05, 4.69) is 59.6 Å². The Kier molecular flexibility index (Phi) is 5.45. The average molecular weight is 352 g/mol. The summed E-state index contributed by atoms with van der Waals surface area (Å²) >= 11 is 0. The van der Waals surface area contributed by atoms with Crippen molar-refractivity contribution in [3.8, 4) is 5.75 Å². The summed E-state index contributed by atoms with van der Waals surface area (Å²) in [5, 5.41) is 6.99. The van der Waals surface area contributed by atoms with Crippen molar-refractivity contribution in [1.29, 1.82) is 0 Å². The normalized spacial score (nSPS) is 18.6. The first-order chi connectivity index (χ1) is 12.5. The van der Waals surface area contributed by atoms with Gasteiger partial charge in [0.05, 0.1) is 6.04 Å². The molecule has 5 nitrogen and oxygen atoms in total. The van der Waals surface area contributed by atoms with Gasteiger partial charge in [-0.2, -0.15) is 0 Å². The van der Waals surface area contributed by atoms with Gasteiger partial charge in [0, 0.05) is 38.0 Å². The summed E-state index contributed by atoms with van der Waals surface area (Å²) < 4.78 is 6.11. The number of para-hydroxylation sites is 1. The van der Waals surface area contributed by atoms with Crippen molar-refractivity contribution in [2.24, 2.45) is 4.99 Å². The fourth-order valence-corrected chi connectivity index (χ4v) is 3.39. The molecule has 2 aromatic rings. The summed E-state index contributed by atoms with van der Waals surface area (Å²) in [6.07, 6.45) is 5.57. The van der Waals surface area contributed by atoms with Crippen LogP contribution in [0.15, 0.2) is 47.7 Å². The van der Waals surface area contributed by atoms with E-state index in [0.717, 1.165) is 31.1 Å². The molecule has 1 aromatic carbocycles. The van der Waals surface area contributed by atoms with Crippen molar-refractivity contribution < 1.29 is 4.74 Å². The lowest BCUT2D eigenvalue weighted by atomic mass is 9.90. The Hall–Kier alpha value is -2.56. The van der Waals surface area contributed by atoms with Crippen molar-refractivity contribution in [3.63, 3.8) is 0 Å². The Morgan fingerprint density at radius 3 is 2.88 bits per heavy atom. The topological polar surface area (TPSA) is 58.5 Å². The molecule has 1 aliphatic heterocycles. The van der Waals surface area contributed by atoms with Gasteiger partial charge in [-0.05, 0) is 50.5 Å².